The predicted octanol–water partition coefficient (Wildman–Crippen LogP) is 2.69. The van der Waals surface area contributed by atoms with Crippen LogP contribution >= 0.6 is 12.4 Å². The number of rotatable bonds is 3. The Hall–Kier alpha value is -1.79. The Bertz CT molecular complexity index is 832. The number of fused-ring (bicyclic) bond motifs is 1. The van der Waals surface area contributed by atoms with E-state index in [4.69, 9.17) is 0 Å². The molecule has 2 fully saturated rings. The zero-order valence-corrected chi connectivity index (χ0v) is 16.0. The van der Waals surface area contributed by atoms with Crippen LogP contribution < -0.4 is 11.0 Å². The summed E-state index contributed by atoms with van der Waals surface area (Å²) in [6, 6.07) is 6.20. The Labute approximate surface area is 159 Å². The average molecular weight is 379 g/mol. The topological polar surface area (TPSA) is 70.1 Å². The molecule has 2 aliphatic rings. The van der Waals surface area contributed by atoms with Crippen molar-refractivity contribution in [2.45, 2.75) is 50.6 Å². The number of hydrogen-bond donors (Lipinski definition) is 2. The first-order valence-electron chi connectivity index (χ1n) is 9.37. The average Bonchev–Trinajstić information content (AvgIpc) is 3.27. The number of benzene rings is 1. The van der Waals surface area contributed by atoms with Crippen molar-refractivity contribution in [3.8, 4) is 0 Å². The largest absolute Gasteiger partial charge is 0.339 e. The number of carbonyl (C=O) groups is 1. The van der Waals surface area contributed by atoms with E-state index in [9.17, 15) is 9.59 Å². The van der Waals surface area contributed by atoms with Crippen LogP contribution in [-0.2, 0) is 0 Å². The van der Waals surface area contributed by atoms with Gasteiger partial charge < -0.3 is 15.2 Å². The van der Waals surface area contributed by atoms with Crippen molar-refractivity contribution in [1.82, 2.24) is 19.8 Å². The molecule has 0 radical (unpaired) electrons. The molecule has 1 saturated carbocycles. The van der Waals surface area contributed by atoms with E-state index in [1.165, 1.54) is 12.8 Å². The molecule has 0 unspecified atom stereocenters. The second-order valence-corrected chi connectivity index (χ2v) is 7.37. The van der Waals surface area contributed by atoms with Crippen molar-refractivity contribution in [2.75, 3.05) is 20.1 Å². The predicted molar refractivity (Wildman–Crippen MR) is 105 cm³/mol. The van der Waals surface area contributed by atoms with Crippen LogP contribution in [0.1, 0.15) is 54.9 Å². The quantitative estimate of drug-likeness (QED) is 0.862. The van der Waals surface area contributed by atoms with Gasteiger partial charge in [0.05, 0.1) is 11.0 Å². The number of aromatic nitrogens is 2. The lowest BCUT2D eigenvalue weighted by molar-refractivity contribution is 0.0703. The third-order valence-electron chi connectivity index (χ3n) is 5.83. The van der Waals surface area contributed by atoms with E-state index in [0.29, 0.717) is 11.6 Å². The monoisotopic (exact) mass is 378 g/mol. The van der Waals surface area contributed by atoms with Crippen molar-refractivity contribution >= 4 is 29.3 Å². The lowest BCUT2D eigenvalue weighted by Crippen LogP contribution is -2.43. The van der Waals surface area contributed by atoms with Crippen LogP contribution in [0.4, 0.5) is 0 Å². The first kappa shape index (κ1) is 19.0. The normalized spacial score (nSPS) is 18.8. The molecule has 142 valence electrons. The van der Waals surface area contributed by atoms with Gasteiger partial charge in [-0.1, -0.05) is 12.8 Å². The van der Waals surface area contributed by atoms with E-state index in [2.05, 4.69) is 10.3 Å². The molecular formula is C19H27ClN4O2. The molecular weight excluding hydrogens is 352 g/mol. The van der Waals surface area contributed by atoms with Crippen LogP contribution in [0.15, 0.2) is 23.0 Å². The minimum atomic E-state index is -0.0572. The number of H-pyrrole nitrogens is 1. The van der Waals surface area contributed by atoms with Crippen molar-refractivity contribution in [3.63, 3.8) is 0 Å². The second-order valence-electron chi connectivity index (χ2n) is 7.37. The molecule has 1 amide bonds. The number of carbonyl (C=O) groups excluding carboxylic acids is 1. The van der Waals surface area contributed by atoms with Gasteiger partial charge in [0.2, 0.25) is 0 Å². The summed E-state index contributed by atoms with van der Waals surface area (Å²) >= 11 is 0. The van der Waals surface area contributed by atoms with Gasteiger partial charge in [0.1, 0.15) is 0 Å². The van der Waals surface area contributed by atoms with Gasteiger partial charge in [-0.3, -0.25) is 9.36 Å². The van der Waals surface area contributed by atoms with Gasteiger partial charge in [-0.2, -0.15) is 0 Å². The van der Waals surface area contributed by atoms with E-state index in [0.717, 1.165) is 49.8 Å². The summed E-state index contributed by atoms with van der Waals surface area (Å²) in [7, 11) is 1.88. The first-order valence-corrected chi connectivity index (χ1v) is 9.37. The van der Waals surface area contributed by atoms with Crippen LogP contribution in [0.5, 0.6) is 0 Å². The molecule has 0 bridgehead atoms. The van der Waals surface area contributed by atoms with Gasteiger partial charge in [-0.25, -0.2) is 4.79 Å². The Morgan fingerprint density at radius 2 is 1.85 bits per heavy atom. The number of amides is 1. The minimum Gasteiger partial charge on any atom is -0.339 e. The molecule has 0 atom stereocenters. The molecule has 2 N–H and O–H groups in total. The second kappa shape index (κ2) is 7.84. The van der Waals surface area contributed by atoms with E-state index < -0.39 is 0 Å². The lowest BCUT2D eigenvalue weighted by Gasteiger charge is -2.31. The van der Waals surface area contributed by atoms with Crippen molar-refractivity contribution in [3.05, 3.63) is 34.2 Å². The van der Waals surface area contributed by atoms with Crippen LogP contribution in [0, 0.1) is 0 Å². The highest BCUT2D eigenvalue weighted by molar-refractivity contribution is 5.97. The van der Waals surface area contributed by atoms with Crippen molar-refractivity contribution in [2.24, 2.45) is 0 Å². The fraction of sp³-hybridized carbons (Fsp3) is 0.579. The number of halogens is 1. The number of nitrogens with one attached hydrogen (secondary N) is 2. The number of aromatic amines is 1. The molecule has 26 heavy (non-hydrogen) atoms. The summed E-state index contributed by atoms with van der Waals surface area (Å²) in [4.78, 5) is 30.0. The lowest BCUT2D eigenvalue weighted by atomic mass is 10.0. The zero-order chi connectivity index (χ0) is 17.4. The minimum absolute atomic E-state index is 0. The van der Waals surface area contributed by atoms with Crippen LogP contribution in [0.3, 0.4) is 0 Å². The van der Waals surface area contributed by atoms with Gasteiger partial charge in [-0.15, -0.1) is 12.4 Å². The highest BCUT2D eigenvalue weighted by atomic mass is 35.5. The summed E-state index contributed by atoms with van der Waals surface area (Å²) < 4.78 is 1.88. The van der Waals surface area contributed by atoms with E-state index in [1.54, 1.807) is 0 Å². The Kier molecular flexibility index (Phi) is 5.73. The Balaban J connectivity index is 0.00000196. The molecule has 1 saturated heterocycles. The van der Waals surface area contributed by atoms with Gasteiger partial charge >= 0.3 is 5.69 Å². The summed E-state index contributed by atoms with van der Waals surface area (Å²) in [6.45, 7) is 1.91. The van der Waals surface area contributed by atoms with Gasteiger partial charge in [-0.05, 0) is 57.0 Å². The Morgan fingerprint density at radius 3 is 2.54 bits per heavy atom. The van der Waals surface area contributed by atoms with Crippen LogP contribution in [0.25, 0.3) is 11.0 Å². The maximum atomic E-state index is 12.8. The van der Waals surface area contributed by atoms with Crippen LogP contribution in [-0.4, -0.2) is 46.5 Å². The van der Waals surface area contributed by atoms with Crippen LogP contribution in [0.2, 0.25) is 0 Å². The molecule has 2 heterocycles. The molecule has 1 aromatic carbocycles. The number of imidazole rings is 1. The van der Waals surface area contributed by atoms with E-state index in [-0.39, 0.29) is 30.0 Å². The van der Waals surface area contributed by atoms with Crippen molar-refractivity contribution < 1.29 is 4.79 Å². The Morgan fingerprint density at radius 1 is 1.15 bits per heavy atom. The van der Waals surface area contributed by atoms with Gasteiger partial charge in [0.25, 0.3) is 5.91 Å². The summed E-state index contributed by atoms with van der Waals surface area (Å²) in [5.74, 6) is 0.0308. The zero-order valence-electron chi connectivity index (χ0n) is 15.2. The first-order chi connectivity index (χ1) is 12.1. The van der Waals surface area contributed by atoms with Gasteiger partial charge in [0.15, 0.2) is 0 Å². The highest BCUT2D eigenvalue weighted by Gasteiger charge is 2.25. The smallest absolute Gasteiger partial charge is 0.326 e. The fourth-order valence-electron chi connectivity index (χ4n) is 4.35. The molecule has 1 aliphatic heterocycles. The molecule has 0 spiro atoms. The van der Waals surface area contributed by atoms with E-state index >= 15 is 0 Å². The standard InChI is InChI=1S/C19H26N4O2.ClH/c1-22(14-8-10-20-11-9-14)18(24)13-6-7-17-16(12-13)21-19(25)23(17)15-4-2-3-5-15;/h6-7,12,14-15,20H,2-5,8-11H2,1H3,(H,21,25);1H. The molecule has 7 heteroatoms. The van der Waals surface area contributed by atoms with Gasteiger partial charge in [0, 0.05) is 24.7 Å². The maximum absolute atomic E-state index is 12.8. The number of nitrogens with zero attached hydrogens (tertiary/aromatic N) is 2. The number of hydrogen-bond acceptors (Lipinski definition) is 3. The SMILES string of the molecule is CN(C(=O)c1ccc2c(c1)[nH]c(=O)n2C1CCCC1)C1CCNCC1.Cl. The van der Waals surface area contributed by atoms with E-state index in [1.807, 2.05) is 34.7 Å². The fourth-order valence-corrected chi connectivity index (χ4v) is 4.35. The van der Waals surface area contributed by atoms with Crippen molar-refractivity contribution in [1.29, 1.82) is 0 Å². The molecule has 4 rings (SSSR count). The third kappa shape index (κ3) is 3.40. The third-order valence-corrected chi connectivity index (χ3v) is 5.83. The molecule has 2 aromatic rings. The summed E-state index contributed by atoms with van der Waals surface area (Å²) in [5, 5.41) is 3.33. The summed E-state index contributed by atoms with van der Waals surface area (Å²) in [5.41, 5.74) is 2.27. The molecule has 1 aliphatic carbocycles. The molecule has 6 nitrogen and oxygen atoms in total. The number of piperidine rings is 1. The maximum Gasteiger partial charge on any atom is 0.326 e. The highest BCUT2D eigenvalue weighted by Crippen LogP contribution is 2.30. The summed E-state index contributed by atoms with van der Waals surface area (Å²) in [6.07, 6.45) is 6.46. The molecule has 1 aromatic heterocycles.